The Morgan fingerprint density at radius 1 is 1.17 bits per heavy atom. The van der Waals surface area contributed by atoms with Crippen molar-refractivity contribution < 1.29 is 4.79 Å². The van der Waals surface area contributed by atoms with Crippen molar-refractivity contribution >= 4 is 62.5 Å². The number of aryl methyl sites for hydroxylation is 1. The quantitative estimate of drug-likeness (QED) is 0.503. The van der Waals surface area contributed by atoms with Crippen LogP contribution in [-0.4, -0.2) is 23.0 Å². The van der Waals surface area contributed by atoms with Crippen LogP contribution in [0.15, 0.2) is 52.6 Å². The Hall–Kier alpha value is -1.69. The van der Waals surface area contributed by atoms with E-state index in [1.165, 1.54) is 4.90 Å². The SMILES string of the molecule is Cc1ccc(N2C(=O)/C(=C\c3ccc(Br)cc3)N(C)C2=S)cc1Cl. The highest BCUT2D eigenvalue weighted by molar-refractivity contribution is 9.10. The first-order chi connectivity index (χ1) is 11.4. The summed E-state index contributed by atoms with van der Waals surface area (Å²) in [6, 6.07) is 13.2. The smallest absolute Gasteiger partial charge is 0.281 e. The molecule has 0 saturated carbocycles. The predicted molar refractivity (Wildman–Crippen MR) is 106 cm³/mol. The Labute approximate surface area is 159 Å². The van der Waals surface area contributed by atoms with E-state index in [1.807, 2.05) is 49.4 Å². The number of rotatable bonds is 2. The van der Waals surface area contributed by atoms with Crippen LogP contribution in [0.5, 0.6) is 0 Å². The second-order valence-electron chi connectivity index (χ2n) is 5.50. The molecule has 1 fully saturated rings. The van der Waals surface area contributed by atoms with Crippen molar-refractivity contribution in [1.82, 2.24) is 4.90 Å². The zero-order valence-corrected chi connectivity index (χ0v) is 16.2. The van der Waals surface area contributed by atoms with Crippen molar-refractivity contribution in [3.05, 3.63) is 68.8 Å². The molecule has 0 N–H and O–H groups in total. The van der Waals surface area contributed by atoms with Gasteiger partial charge in [0.25, 0.3) is 5.91 Å². The molecule has 0 unspecified atom stereocenters. The van der Waals surface area contributed by atoms with Crippen molar-refractivity contribution in [2.75, 3.05) is 11.9 Å². The van der Waals surface area contributed by atoms with E-state index in [-0.39, 0.29) is 5.91 Å². The lowest BCUT2D eigenvalue weighted by atomic mass is 10.2. The summed E-state index contributed by atoms with van der Waals surface area (Å²) >= 11 is 15.0. The average Bonchev–Trinajstić information content (AvgIpc) is 2.76. The number of likely N-dealkylation sites (N-methyl/N-ethyl adjacent to an activating group) is 1. The van der Waals surface area contributed by atoms with Gasteiger partial charge in [-0.25, -0.2) is 0 Å². The van der Waals surface area contributed by atoms with Gasteiger partial charge in [-0.2, -0.15) is 0 Å². The molecule has 0 atom stereocenters. The molecule has 24 heavy (non-hydrogen) atoms. The van der Waals surface area contributed by atoms with Gasteiger partial charge in [-0.05, 0) is 60.6 Å². The van der Waals surface area contributed by atoms with E-state index < -0.39 is 0 Å². The molecular formula is C18H14BrClN2OS. The van der Waals surface area contributed by atoms with Crippen LogP contribution in [0.4, 0.5) is 5.69 Å². The number of carbonyl (C=O) groups is 1. The van der Waals surface area contributed by atoms with Crippen LogP contribution < -0.4 is 4.90 Å². The molecule has 1 saturated heterocycles. The number of carbonyl (C=O) groups excluding carboxylic acids is 1. The second-order valence-corrected chi connectivity index (χ2v) is 7.18. The molecule has 2 aromatic carbocycles. The number of nitrogens with zero attached hydrogens (tertiary/aromatic N) is 2. The van der Waals surface area contributed by atoms with Gasteiger partial charge >= 0.3 is 0 Å². The maximum atomic E-state index is 12.9. The summed E-state index contributed by atoms with van der Waals surface area (Å²) in [6.07, 6.45) is 1.83. The number of thiocarbonyl (C=S) groups is 1. The highest BCUT2D eigenvalue weighted by atomic mass is 79.9. The van der Waals surface area contributed by atoms with Gasteiger partial charge in [-0.3, -0.25) is 9.69 Å². The molecule has 122 valence electrons. The molecule has 0 aliphatic carbocycles. The van der Waals surface area contributed by atoms with Crippen LogP contribution in [0.2, 0.25) is 5.02 Å². The van der Waals surface area contributed by atoms with Gasteiger partial charge in [0.1, 0.15) is 5.70 Å². The lowest BCUT2D eigenvalue weighted by molar-refractivity contribution is -0.114. The first-order valence-electron chi connectivity index (χ1n) is 7.24. The molecule has 1 heterocycles. The number of hydrogen-bond acceptors (Lipinski definition) is 2. The van der Waals surface area contributed by atoms with Gasteiger partial charge in [-0.1, -0.05) is 45.7 Å². The molecule has 0 spiro atoms. The summed E-state index contributed by atoms with van der Waals surface area (Å²) in [5.74, 6) is -0.162. The van der Waals surface area contributed by atoms with Crippen molar-refractivity contribution in [2.24, 2.45) is 0 Å². The summed E-state index contributed by atoms with van der Waals surface area (Å²) in [4.78, 5) is 16.1. The molecule has 2 aromatic rings. The minimum absolute atomic E-state index is 0.162. The number of amides is 1. The Bertz CT molecular complexity index is 864. The second kappa shape index (κ2) is 6.67. The maximum Gasteiger partial charge on any atom is 0.281 e. The van der Waals surface area contributed by atoms with Crippen molar-refractivity contribution in [3.63, 3.8) is 0 Å². The Morgan fingerprint density at radius 2 is 1.83 bits per heavy atom. The van der Waals surface area contributed by atoms with Crippen LogP contribution in [-0.2, 0) is 4.79 Å². The van der Waals surface area contributed by atoms with Crippen LogP contribution in [0.1, 0.15) is 11.1 Å². The number of anilines is 1. The van der Waals surface area contributed by atoms with Gasteiger partial charge in [0, 0.05) is 16.5 Å². The lowest BCUT2D eigenvalue weighted by Crippen LogP contribution is -2.31. The number of benzene rings is 2. The van der Waals surface area contributed by atoms with Crippen LogP contribution in [0.3, 0.4) is 0 Å². The summed E-state index contributed by atoms with van der Waals surface area (Å²) < 4.78 is 0.988. The zero-order valence-electron chi connectivity index (χ0n) is 13.1. The van der Waals surface area contributed by atoms with Crippen molar-refractivity contribution in [1.29, 1.82) is 0 Å². The summed E-state index contributed by atoms with van der Waals surface area (Å²) in [6.45, 7) is 1.92. The predicted octanol–water partition coefficient (Wildman–Crippen LogP) is 5.02. The van der Waals surface area contributed by atoms with E-state index in [1.54, 1.807) is 18.0 Å². The highest BCUT2D eigenvalue weighted by Gasteiger charge is 2.36. The van der Waals surface area contributed by atoms with E-state index in [0.29, 0.717) is 21.5 Å². The van der Waals surface area contributed by atoms with E-state index in [0.717, 1.165) is 15.6 Å². The summed E-state index contributed by atoms with van der Waals surface area (Å²) in [7, 11) is 1.79. The molecular weight excluding hydrogens is 408 g/mol. The fourth-order valence-corrected chi connectivity index (χ4v) is 3.15. The summed E-state index contributed by atoms with van der Waals surface area (Å²) in [5.41, 5.74) is 3.09. The Morgan fingerprint density at radius 3 is 2.46 bits per heavy atom. The third-order valence-electron chi connectivity index (χ3n) is 3.85. The zero-order chi connectivity index (χ0) is 17.4. The largest absolute Gasteiger partial charge is 0.317 e. The molecule has 3 rings (SSSR count). The highest BCUT2D eigenvalue weighted by Crippen LogP contribution is 2.30. The average molecular weight is 422 g/mol. The molecule has 1 amide bonds. The molecule has 1 aliphatic rings. The van der Waals surface area contributed by atoms with E-state index in [2.05, 4.69) is 15.9 Å². The molecule has 1 aliphatic heterocycles. The van der Waals surface area contributed by atoms with Crippen LogP contribution in [0, 0.1) is 6.92 Å². The lowest BCUT2D eigenvalue weighted by Gasteiger charge is -2.17. The summed E-state index contributed by atoms with van der Waals surface area (Å²) in [5, 5.41) is 1.04. The molecule has 0 aromatic heterocycles. The monoisotopic (exact) mass is 420 g/mol. The third-order valence-corrected chi connectivity index (χ3v) is 5.24. The third kappa shape index (κ3) is 3.11. The Balaban J connectivity index is 2.00. The fraction of sp³-hybridized carbons (Fsp3) is 0.111. The fourth-order valence-electron chi connectivity index (χ4n) is 2.42. The van der Waals surface area contributed by atoms with Crippen molar-refractivity contribution in [3.8, 4) is 0 Å². The molecule has 0 bridgehead atoms. The normalized spacial score (nSPS) is 16.4. The van der Waals surface area contributed by atoms with Crippen LogP contribution in [0.25, 0.3) is 6.08 Å². The van der Waals surface area contributed by atoms with E-state index in [4.69, 9.17) is 23.8 Å². The molecule has 6 heteroatoms. The van der Waals surface area contributed by atoms with E-state index in [9.17, 15) is 4.79 Å². The van der Waals surface area contributed by atoms with Crippen molar-refractivity contribution in [2.45, 2.75) is 6.92 Å². The van der Waals surface area contributed by atoms with Gasteiger partial charge in [0.2, 0.25) is 0 Å². The molecule has 3 nitrogen and oxygen atoms in total. The van der Waals surface area contributed by atoms with Gasteiger partial charge < -0.3 is 4.90 Å². The van der Waals surface area contributed by atoms with Gasteiger partial charge in [-0.15, -0.1) is 0 Å². The maximum absolute atomic E-state index is 12.9. The standard InChI is InChI=1S/C18H14BrClN2OS/c1-11-3-8-14(10-15(11)20)22-17(23)16(21(2)18(22)24)9-12-4-6-13(19)7-5-12/h3-10H,1-2H3/b16-9+. The topological polar surface area (TPSA) is 23.6 Å². The number of halogens is 2. The van der Waals surface area contributed by atoms with Crippen LogP contribution >= 0.6 is 39.7 Å². The number of hydrogen-bond donors (Lipinski definition) is 0. The molecule has 0 radical (unpaired) electrons. The minimum atomic E-state index is -0.162. The van der Waals surface area contributed by atoms with Gasteiger partial charge in [0.15, 0.2) is 5.11 Å². The van der Waals surface area contributed by atoms with E-state index >= 15 is 0 Å². The Kier molecular flexibility index (Phi) is 4.76. The first kappa shape index (κ1) is 17.1. The van der Waals surface area contributed by atoms with Gasteiger partial charge in [0.05, 0.1) is 5.69 Å². The minimum Gasteiger partial charge on any atom is -0.317 e. The first-order valence-corrected chi connectivity index (χ1v) is 8.82.